The van der Waals surface area contributed by atoms with Crippen LogP contribution in [0.1, 0.15) is 46.4 Å². The van der Waals surface area contributed by atoms with Crippen molar-refractivity contribution in [1.29, 1.82) is 0 Å². The molecule has 4 rings (SSSR count). The minimum Gasteiger partial charge on any atom is -0.466 e. The summed E-state index contributed by atoms with van der Waals surface area (Å²) in [7, 11) is 0. The van der Waals surface area contributed by atoms with Crippen molar-refractivity contribution < 1.29 is 14.3 Å². The Balaban J connectivity index is 1.53. The van der Waals surface area contributed by atoms with Crippen molar-refractivity contribution in [1.82, 2.24) is 9.97 Å². The smallest absolute Gasteiger partial charge is 0.311 e. The van der Waals surface area contributed by atoms with Crippen LogP contribution in [0.4, 0.5) is 10.8 Å². The van der Waals surface area contributed by atoms with Crippen LogP contribution in [0.3, 0.4) is 0 Å². The minimum atomic E-state index is -0.338. The molecule has 7 nitrogen and oxygen atoms in total. The molecule has 3 heterocycles. The van der Waals surface area contributed by atoms with E-state index >= 15 is 0 Å². The number of nitrogen functional groups attached to an aromatic ring is 1. The van der Waals surface area contributed by atoms with Crippen LogP contribution in [0.15, 0.2) is 11.4 Å². The first kappa shape index (κ1) is 18.8. The van der Waals surface area contributed by atoms with Gasteiger partial charge in [-0.3, -0.25) is 14.9 Å². The first-order valence-corrected chi connectivity index (χ1v) is 10.9. The third-order valence-corrected chi connectivity index (χ3v) is 6.53. The highest BCUT2D eigenvalue weighted by Gasteiger charge is 2.21. The van der Waals surface area contributed by atoms with E-state index in [1.165, 1.54) is 28.2 Å². The molecule has 0 atom stereocenters. The molecule has 0 spiro atoms. The number of rotatable bonds is 5. The van der Waals surface area contributed by atoms with E-state index in [0.717, 1.165) is 41.6 Å². The number of hydrogen-bond acceptors (Lipinski definition) is 8. The van der Waals surface area contributed by atoms with Crippen molar-refractivity contribution in [3.8, 4) is 0 Å². The van der Waals surface area contributed by atoms with Gasteiger partial charge in [-0.25, -0.2) is 9.97 Å². The van der Waals surface area contributed by atoms with Crippen LogP contribution in [0.2, 0.25) is 0 Å². The minimum absolute atomic E-state index is 0.0840. The Morgan fingerprint density at radius 2 is 2.11 bits per heavy atom. The summed E-state index contributed by atoms with van der Waals surface area (Å²) in [5.41, 5.74) is 9.65. The third-order valence-electron chi connectivity index (χ3n) is 4.61. The normalized spacial score (nSPS) is 13.3. The number of anilines is 2. The summed E-state index contributed by atoms with van der Waals surface area (Å²) in [5.74, 6) is -0.648. The predicted molar refractivity (Wildman–Crippen MR) is 111 cm³/mol. The maximum Gasteiger partial charge on any atom is 0.311 e. The predicted octanol–water partition coefficient (Wildman–Crippen LogP) is 3.57. The number of thiophene rings is 1. The molecule has 0 unspecified atom stereocenters. The van der Waals surface area contributed by atoms with Crippen LogP contribution in [0.25, 0.3) is 10.2 Å². The fraction of sp³-hybridized carbons (Fsp3) is 0.368. The Bertz CT molecular complexity index is 1060. The second-order valence-corrected chi connectivity index (χ2v) is 8.44. The molecule has 0 saturated heterocycles. The Morgan fingerprint density at radius 3 is 2.93 bits per heavy atom. The largest absolute Gasteiger partial charge is 0.466 e. The van der Waals surface area contributed by atoms with Gasteiger partial charge >= 0.3 is 5.97 Å². The first-order chi connectivity index (χ1) is 13.5. The van der Waals surface area contributed by atoms with Gasteiger partial charge in [0.15, 0.2) is 5.13 Å². The topological polar surface area (TPSA) is 107 Å². The molecule has 0 aromatic carbocycles. The first-order valence-electron chi connectivity index (χ1n) is 9.17. The van der Waals surface area contributed by atoms with Gasteiger partial charge < -0.3 is 10.5 Å². The van der Waals surface area contributed by atoms with E-state index in [1.54, 1.807) is 12.3 Å². The number of esters is 1. The summed E-state index contributed by atoms with van der Waals surface area (Å²) in [6, 6.07) is 2.08. The van der Waals surface area contributed by atoms with Crippen LogP contribution >= 0.6 is 22.7 Å². The summed E-state index contributed by atoms with van der Waals surface area (Å²) in [5, 5.41) is 5.78. The summed E-state index contributed by atoms with van der Waals surface area (Å²) < 4.78 is 4.91. The average Bonchev–Trinajstić information content (AvgIpc) is 3.24. The maximum absolute atomic E-state index is 12.7. The zero-order valence-corrected chi connectivity index (χ0v) is 17.0. The number of pyridine rings is 1. The number of nitrogens with one attached hydrogen (secondary N) is 1. The second-order valence-electron chi connectivity index (χ2n) is 6.58. The van der Waals surface area contributed by atoms with Crippen molar-refractivity contribution >= 4 is 55.6 Å². The van der Waals surface area contributed by atoms with E-state index in [-0.39, 0.29) is 18.3 Å². The lowest BCUT2D eigenvalue weighted by Gasteiger charge is -2.14. The number of aromatic nitrogens is 2. The van der Waals surface area contributed by atoms with Gasteiger partial charge in [0.25, 0.3) is 5.91 Å². The molecule has 0 saturated carbocycles. The fourth-order valence-electron chi connectivity index (χ4n) is 3.29. The van der Waals surface area contributed by atoms with Crippen molar-refractivity contribution in [2.75, 3.05) is 17.7 Å². The Kier molecular flexibility index (Phi) is 5.27. The van der Waals surface area contributed by atoms with Gasteiger partial charge in [0.05, 0.1) is 24.4 Å². The van der Waals surface area contributed by atoms with Crippen molar-refractivity contribution in [2.24, 2.45) is 0 Å². The molecule has 3 N–H and O–H groups in total. The van der Waals surface area contributed by atoms with Crippen molar-refractivity contribution in [2.45, 2.75) is 39.0 Å². The number of amides is 1. The molecule has 1 aliphatic rings. The van der Waals surface area contributed by atoms with E-state index in [4.69, 9.17) is 15.5 Å². The molecule has 3 aromatic heterocycles. The summed E-state index contributed by atoms with van der Waals surface area (Å²) >= 11 is 2.57. The molecule has 0 aliphatic heterocycles. The van der Waals surface area contributed by atoms with Crippen LogP contribution in [0.5, 0.6) is 0 Å². The SMILES string of the molecule is CCOC(=O)Cc1csc(NC(=O)c2sc3nc4c(cc3c2N)CCCC4)n1. The molecular weight excluding hydrogens is 396 g/mol. The molecule has 9 heteroatoms. The molecule has 0 radical (unpaired) electrons. The molecule has 1 amide bonds. The number of nitrogens with zero attached hydrogens (tertiary/aromatic N) is 2. The number of carbonyl (C=O) groups is 2. The van der Waals surface area contributed by atoms with Crippen LogP contribution in [0, 0.1) is 0 Å². The molecule has 28 heavy (non-hydrogen) atoms. The van der Waals surface area contributed by atoms with Gasteiger partial charge in [-0.2, -0.15) is 0 Å². The quantitative estimate of drug-likeness (QED) is 0.616. The molecule has 146 valence electrons. The monoisotopic (exact) mass is 416 g/mol. The van der Waals surface area contributed by atoms with Gasteiger partial charge in [0.2, 0.25) is 0 Å². The molecule has 3 aromatic rings. The van der Waals surface area contributed by atoms with E-state index < -0.39 is 0 Å². The van der Waals surface area contributed by atoms with Gasteiger partial charge in [0.1, 0.15) is 9.71 Å². The van der Waals surface area contributed by atoms with Gasteiger partial charge in [0, 0.05) is 16.5 Å². The van der Waals surface area contributed by atoms with Crippen molar-refractivity contribution in [3.05, 3.63) is 33.3 Å². The summed E-state index contributed by atoms with van der Waals surface area (Å²) in [6.45, 7) is 2.08. The van der Waals surface area contributed by atoms with Crippen molar-refractivity contribution in [3.63, 3.8) is 0 Å². The summed E-state index contributed by atoms with van der Waals surface area (Å²) in [4.78, 5) is 34.5. The Labute approximate surface area is 169 Å². The van der Waals surface area contributed by atoms with Gasteiger partial charge in [-0.05, 0) is 44.2 Å². The lowest BCUT2D eigenvalue weighted by Crippen LogP contribution is -2.12. The highest BCUT2D eigenvalue weighted by atomic mass is 32.1. The zero-order valence-electron chi connectivity index (χ0n) is 15.4. The number of hydrogen-bond donors (Lipinski definition) is 2. The standard InChI is InChI=1S/C19H20N4O3S2/c1-2-26-14(24)8-11-9-27-19(21-11)23-17(25)16-15(20)12-7-10-5-3-4-6-13(10)22-18(12)28-16/h7,9H,2-6,8,20H2,1H3,(H,21,23,25). The number of fused-ring (bicyclic) bond motifs is 2. The molecule has 0 fully saturated rings. The molecular formula is C19H20N4O3S2. The average molecular weight is 417 g/mol. The van der Waals surface area contributed by atoms with Gasteiger partial charge in [-0.1, -0.05) is 0 Å². The van der Waals surface area contributed by atoms with E-state index in [0.29, 0.717) is 28.0 Å². The number of carbonyl (C=O) groups excluding carboxylic acids is 2. The highest BCUT2D eigenvalue weighted by Crippen LogP contribution is 2.36. The number of nitrogens with two attached hydrogens (primary N) is 1. The van der Waals surface area contributed by atoms with E-state index in [9.17, 15) is 9.59 Å². The van der Waals surface area contributed by atoms with E-state index in [2.05, 4.69) is 16.4 Å². The Morgan fingerprint density at radius 1 is 1.29 bits per heavy atom. The van der Waals surface area contributed by atoms with Crippen LogP contribution in [-0.4, -0.2) is 28.5 Å². The zero-order chi connectivity index (χ0) is 19.7. The molecule has 1 aliphatic carbocycles. The second kappa shape index (κ2) is 7.84. The van der Waals surface area contributed by atoms with E-state index in [1.807, 2.05) is 0 Å². The third kappa shape index (κ3) is 3.72. The molecule has 0 bridgehead atoms. The number of aryl methyl sites for hydroxylation is 2. The lowest BCUT2D eigenvalue weighted by atomic mass is 9.95. The highest BCUT2D eigenvalue weighted by molar-refractivity contribution is 7.21. The van der Waals surface area contributed by atoms with Crippen LogP contribution < -0.4 is 11.1 Å². The lowest BCUT2D eigenvalue weighted by molar-refractivity contribution is -0.142. The van der Waals surface area contributed by atoms with Crippen LogP contribution in [-0.2, 0) is 28.8 Å². The fourth-order valence-corrected chi connectivity index (χ4v) is 4.98. The van der Waals surface area contributed by atoms with Gasteiger partial charge in [-0.15, -0.1) is 22.7 Å². The Hall–Kier alpha value is -2.52. The number of ether oxygens (including phenoxy) is 1. The maximum atomic E-state index is 12.7. The number of thiazole rings is 1. The summed E-state index contributed by atoms with van der Waals surface area (Å²) in [6.07, 6.45) is 4.39.